The van der Waals surface area contributed by atoms with Crippen LogP contribution in [-0.2, 0) is 13.5 Å². The van der Waals surface area contributed by atoms with Gasteiger partial charge in [0.2, 0.25) is 0 Å². The molecule has 0 saturated heterocycles. The van der Waals surface area contributed by atoms with Gasteiger partial charge in [0, 0.05) is 37.5 Å². The van der Waals surface area contributed by atoms with Gasteiger partial charge in [0.15, 0.2) is 5.75 Å². The lowest BCUT2D eigenvalue weighted by atomic mass is 10.2. The van der Waals surface area contributed by atoms with Crippen LogP contribution in [0.25, 0.3) is 0 Å². The number of hydrogen-bond acceptors (Lipinski definition) is 5. The van der Waals surface area contributed by atoms with Crippen LogP contribution < -0.4 is 4.74 Å². The number of ether oxygens (including phenoxy) is 1. The molecule has 1 aromatic carbocycles. The molecule has 0 N–H and O–H groups in total. The predicted octanol–water partition coefficient (Wildman–Crippen LogP) is 1.76. The molecule has 0 aliphatic carbocycles. The minimum Gasteiger partial charge on any atom is -0.486 e. The van der Waals surface area contributed by atoms with Crippen molar-refractivity contribution >= 4 is 12.0 Å². The molecule has 20 heavy (non-hydrogen) atoms. The number of nitro benzene ring substituents is 1. The first-order chi connectivity index (χ1) is 9.61. The molecule has 7 nitrogen and oxygen atoms in total. The molecule has 0 saturated carbocycles. The smallest absolute Gasteiger partial charge is 0.310 e. The summed E-state index contributed by atoms with van der Waals surface area (Å²) >= 11 is 0. The van der Waals surface area contributed by atoms with Gasteiger partial charge in [-0.15, -0.1) is 0 Å². The minimum absolute atomic E-state index is 0.0915. The third-order valence-electron chi connectivity index (χ3n) is 2.82. The van der Waals surface area contributed by atoms with Crippen molar-refractivity contribution in [3.8, 4) is 5.75 Å². The molecule has 2 rings (SSSR count). The minimum atomic E-state index is -0.537. The highest BCUT2D eigenvalue weighted by molar-refractivity contribution is 5.76. The standard InChI is InChI=1S/C13H13N3O4/c1-15-6-5-14-13(15)4-7-20-12-8-10(9-17)2-3-11(12)16(18)19/h2-3,5-6,8-9H,4,7H2,1H3. The number of aryl methyl sites for hydroxylation is 1. The molecule has 0 aliphatic rings. The normalized spacial score (nSPS) is 10.2. The SMILES string of the molecule is Cn1ccnc1CCOc1cc(C=O)ccc1[N+](=O)[O-]. The Balaban J connectivity index is 2.09. The zero-order valence-corrected chi connectivity index (χ0v) is 10.9. The number of aromatic nitrogens is 2. The van der Waals surface area contributed by atoms with Gasteiger partial charge in [0.1, 0.15) is 12.1 Å². The Morgan fingerprint density at radius 3 is 2.90 bits per heavy atom. The van der Waals surface area contributed by atoms with E-state index in [9.17, 15) is 14.9 Å². The van der Waals surface area contributed by atoms with E-state index in [1.807, 2.05) is 17.8 Å². The lowest BCUT2D eigenvalue weighted by Gasteiger charge is -2.07. The average Bonchev–Trinajstić information content (AvgIpc) is 2.84. The summed E-state index contributed by atoms with van der Waals surface area (Å²) in [5.74, 6) is 0.910. The number of hydrogen-bond donors (Lipinski definition) is 0. The van der Waals surface area contributed by atoms with Gasteiger partial charge < -0.3 is 9.30 Å². The van der Waals surface area contributed by atoms with Gasteiger partial charge in [-0.2, -0.15) is 0 Å². The fourth-order valence-corrected chi connectivity index (χ4v) is 1.76. The highest BCUT2D eigenvalue weighted by atomic mass is 16.6. The third-order valence-corrected chi connectivity index (χ3v) is 2.82. The summed E-state index contributed by atoms with van der Waals surface area (Å²) in [6, 6.07) is 4.01. The lowest BCUT2D eigenvalue weighted by molar-refractivity contribution is -0.385. The summed E-state index contributed by atoms with van der Waals surface area (Å²) in [6.45, 7) is 0.244. The van der Waals surface area contributed by atoms with Crippen LogP contribution in [-0.4, -0.2) is 27.4 Å². The van der Waals surface area contributed by atoms with Crippen molar-refractivity contribution < 1.29 is 14.5 Å². The second-order valence-corrected chi connectivity index (χ2v) is 4.15. The van der Waals surface area contributed by atoms with E-state index in [1.165, 1.54) is 18.2 Å². The van der Waals surface area contributed by atoms with Gasteiger partial charge in [0.25, 0.3) is 0 Å². The van der Waals surface area contributed by atoms with E-state index in [1.54, 1.807) is 6.20 Å². The lowest BCUT2D eigenvalue weighted by Crippen LogP contribution is -2.07. The average molecular weight is 275 g/mol. The summed E-state index contributed by atoms with van der Waals surface area (Å²) in [5, 5.41) is 10.9. The van der Waals surface area contributed by atoms with Crippen LogP contribution in [0.2, 0.25) is 0 Å². The second kappa shape index (κ2) is 5.96. The molecule has 0 bridgehead atoms. The number of nitrogens with zero attached hydrogens (tertiary/aromatic N) is 3. The largest absolute Gasteiger partial charge is 0.486 e. The Bertz CT molecular complexity index is 636. The number of benzene rings is 1. The van der Waals surface area contributed by atoms with Crippen LogP contribution in [0.4, 0.5) is 5.69 Å². The third kappa shape index (κ3) is 3.00. The molecule has 0 aliphatic heterocycles. The Hall–Kier alpha value is -2.70. The molecule has 2 aromatic rings. The first-order valence-corrected chi connectivity index (χ1v) is 5.94. The monoisotopic (exact) mass is 275 g/mol. The molecule has 1 heterocycles. The number of carbonyl (C=O) groups is 1. The number of aldehydes is 1. The van der Waals surface area contributed by atoms with Crippen molar-refractivity contribution in [2.24, 2.45) is 7.05 Å². The molecular weight excluding hydrogens is 262 g/mol. The fourth-order valence-electron chi connectivity index (χ4n) is 1.76. The molecule has 0 fully saturated rings. The van der Waals surface area contributed by atoms with Crippen molar-refractivity contribution in [2.75, 3.05) is 6.61 Å². The molecule has 0 atom stereocenters. The van der Waals surface area contributed by atoms with Crippen molar-refractivity contribution in [2.45, 2.75) is 6.42 Å². The van der Waals surface area contributed by atoms with Crippen LogP contribution in [0, 0.1) is 10.1 Å². The zero-order valence-electron chi connectivity index (χ0n) is 10.9. The highest BCUT2D eigenvalue weighted by Crippen LogP contribution is 2.27. The van der Waals surface area contributed by atoms with Gasteiger partial charge in [-0.1, -0.05) is 0 Å². The number of imidazole rings is 1. The van der Waals surface area contributed by atoms with Crippen LogP contribution in [0.5, 0.6) is 5.75 Å². The number of carbonyl (C=O) groups excluding carboxylic acids is 1. The van der Waals surface area contributed by atoms with E-state index in [-0.39, 0.29) is 18.0 Å². The molecule has 0 spiro atoms. The van der Waals surface area contributed by atoms with Crippen molar-refractivity contribution in [3.63, 3.8) is 0 Å². The number of rotatable bonds is 6. The Labute approximate surface area is 115 Å². The molecular formula is C13H13N3O4. The van der Waals surface area contributed by atoms with E-state index in [0.717, 1.165) is 5.82 Å². The Morgan fingerprint density at radius 1 is 1.50 bits per heavy atom. The van der Waals surface area contributed by atoms with E-state index >= 15 is 0 Å². The molecule has 104 valence electrons. The van der Waals surface area contributed by atoms with E-state index in [0.29, 0.717) is 18.3 Å². The molecule has 0 amide bonds. The van der Waals surface area contributed by atoms with Crippen LogP contribution in [0.3, 0.4) is 0 Å². The molecule has 7 heteroatoms. The van der Waals surface area contributed by atoms with Gasteiger partial charge in [0.05, 0.1) is 11.5 Å². The van der Waals surface area contributed by atoms with Crippen molar-refractivity contribution in [1.82, 2.24) is 9.55 Å². The van der Waals surface area contributed by atoms with Gasteiger partial charge >= 0.3 is 5.69 Å². The maximum atomic E-state index is 10.9. The first kappa shape index (κ1) is 13.7. The van der Waals surface area contributed by atoms with Gasteiger partial charge in [-0.3, -0.25) is 14.9 Å². The molecule has 0 radical (unpaired) electrons. The maximum Gasteiger partial charge on any atom is 0.310 e. The maximum absolute atomic E-state index is 10.9. The second-order valence-electron chi connectivity index (χ2n) is 4.15. The van der Waals surface area contributed by atoms with Gasteiger partial charge in [-0.05, 0) is 12.1 Å². The van der Waals surface area contributed by atoms with Crippen molar-refractivity contribution in [1.29, 1.82) is 0 Å². The van der Waals surface area contributed by atoms with Crippen LogP contribution in [0.1, 0.15) is 16.2 Å². The fraction of sp³-hybridized carbons (Fsp3) is 0.231. The molecule has 0 unspecified atom stereocenters. The molecule has 1 aromatic heterocycles. The highest BCUT2D eigenvalue weighted by Gasteiger charge is 2.15. The summed E-state index contributed by atoms with van der Waals surface area (Å²) in [4.78, 5) is 25.2. The first-order valence-electron chi connectivity index (χ1n) is 5.94. The summed E-state index contributed by atoms with van der Waals surface area (Å²) in [5.41, 5.74) is 0.179. The zero-order chi connectivity index (χ0) is 14.5. The summed E-state index contributed by atoms with van der Waals surface area (Å²) < 4.78 is 7.26. The van der Waals surface area contributed by atoms with Crippen molar-refractivity contribution in [3.05, 3.63) is 52.1 Å². The quantitative estimate of drug-likeness (QED) is 0.455. The Kier molecular flexibility index (Phi) is 4.09. The number of nitro groups is 1. The predicted molar refractivity (Wildman–Crippen MR) is 70.9 cm³/mol. The van der Waals surface area contributed by atoms with E-state index in [2.05, 4.69) is 4.98 Å². The van der Waals surface area contributed by atoms with Crippen LogP contribution in [0.15, 0.2) is 30.6 Å². The summed E-state index contributed by atoms with van der Waals surface area (Å²) in [7, 11) is 1.86. The van der Waals surface area contributed by atoms with E-state index in [4.69, 9.17) is 4.74 Å². The van der Waals surface area contributed by atoms with Crippen LogP contribution >= 0.6 is 0 Å². The van der Waals surface area contributed by atoms with E-state index < -0.39 is 4.92 Å². The van der Waals surface area contributed by atoms with Gasteiger partial charge in [-0.25, -0.2) is 4.98 Å². The Morgan fingerprint density at radius 2 is 2.30 bits per heavy atom. The summed E-state index contributed by atoms with van der Waals surface area (Å²) in [6.07, 6.45) is 4.62. The topological polar surface area (TPSA) is 87.3 Å².